The van der Waals surface area contributed by atoms with Crippen LogP contribution in [0.5, 0.6) is 11.6 Å². The molecular formula is C42H55F4N7O9S. The predicted molar refractivity (Wildman–Crippen MR) is 221 cm³/mol. The van der Waals surface area contributed by atoms with Crippen LogP contribution in [0.15, 0.2) is 30.4 Å². The number of hydrogen-bond donors (Lipinski definition) is 3. The van der Waals surface area contributed by atoms with Gasteiger partial charge in [0.05, 0.1) is 24.6 Å². The molecule has 346 valence electrons. The predicted octanol–water partition coefficient (Wildman–Crippen LogP) is 4.86. The van der Waals surface area contributed by atoms with Crippen LogP contribution in [-0.4, -0.2) is 121 Å². The number of alkyl carbamates (subject to hydrolysis) is 1. The number of halogens is 4. The molecule has 3 N–H and O–H groups in total. The van der Waals surface area contributed by atoms with Crippen molar-refractivity contribution >= 4 is 50.7 Å². The Hall–Kier alpha value is -4.95. The summed E-state index contributed by atoms with van der Waals surface area (Å²) in [6, 6.07) is 2.25. The van der Waals surface area contributed by atoms with Crippen LogP contribution in [0.4, 0.5) is 28.3 Å². The average Bonchev–Trinajstić information content (AvgIpc) is 4.03. The van der Waals surface area contributed by atoms with E-state index in [4.69, 9.17) is 24.2 Å². The third-order valence-corrected chi connectivity index (χ3v) is 15.2. The van der Waals surface area contributed by atoms with Gasteiger partial charge in [0.15, 0.2) is 0 Å². The summed E-state index contributed by atoms with van der Waals surface area (Å²) in [5.41, 5.74) is -4.19. The summed E-state index contributed by atoms with van der Waals surface area (Å²) < 4.78 is 99.0. The molecule has 63 heavy (non-hydrogen) atoms. The van der Waals surface area contributed by atoms with Crippen molar-refractivity contribution in [2.24, 2.45) is 17.8 Å². The zero-order valence-electron chi connectivity index (χ0n) is 35.9. The number of rotatable bonds is 10. The lowest BCUT2D eigenvalue weighted by Crippen LogP contribution is -2.60. The van der Waals surface area contributed by atoms with E-state index in [1.807, 2.05) is 22.6 Å². The van der Waals surface area contributed by atoms with Crippen LogP contribution < -0.4 is 29.7 Å². The number of nitrogens with zero attached hydrogens (tertiary/aromatic N) is 4. The first-order chi connectivity index (χ1) is 29.6. The van der Waals surface area contributed by atoms with Crippen molar-refractivity contribution in [1.29, 1.82) is 0 Å². The number of allylic oxidation sites excluding steroid dienone is 1. The van der Waals surface area contributed by atoms with Crippen molar-refractivity contribution < 1.29 is 59.4 Å². The third-order valence-electron chi connectivity index (χ3n) is 13.1. The Morgan fingerprint density at radius 1 is 1.06 bits per heavy atom. The summed E-state index contributed by atoms with van der Waals surface area (Å²) >= 11 is 0. The highest BCUT2D eigenvalue weighted by atomic mass is 32.2. The van der Waals surface area contributed by atoms with Crippen molar-refractivity contribution in [3.8, 4) is 11.6 Å². The molecule has 7 atom stereocenters. The molecule has 1 aromatic heterocycles. The molecule has 3 aliphatic heterocycles. The van der Waals surface area contributed by atoms with Crippen molar-refractivity contribution in [3.63, 3.8) is 0 Å². The van der Waals surface area contributed by atoms with Crippen molar-refractivity contribution in [1.82, 2.24) is 30.2 Å². The Morgan fingerprint density at radius 3 is 2.43 bits per heavy atom. The molecule has 0 unspecified atom stereocenters. The Kier molecular flexibility index (Phi) is 12.6. The molecule has 2 aliphatic carbocycles. The maximum absolute atomic E-state index is 14.9. The van der Waals surface area contributed by atoms with Crippen molar-refractivity contribution in [3.05, 3.63) is 30.4 Å². The molecule has 2 saturated carbocycles. The van der Waals surface area contributed by atoms with Gasteiger partial charge in [0, 0.05) is 31.5 Å². The first-order valence-electron chi connectivity index (χ1n) is 21.4. The van der Waals surface area contributed by atoms with Crippen molar-refractivity contribution in [2.45, 2.75) is 126 Å². The largest absolute Gasteiger partial charge is 0.497 e. The minimum atomic E-state index is -4.94. The third kappa shape index (κ3) is 9.34. The second kappa shape index (κ2) is 17.2. The van der Waals surface area contributed by atoms with Crippen LogP contribution in [0, 0.1) is 17.8 Å². The standard InChI is InChI=1S/C42H55F4N7O9S/c1-24-10-6-7-11-26-21-41(26,36(56)51-63(58,59)40(23-43)14-15-40)50-33(54)31-20-28(22-53(31)35(55)32(25(2)18-24)48-38(57)62-39(3,4)42(44,45)46)61-34-29-13-12-27(60-5)19-30(29)47-37(49-34)52-16-8-9-17-52/h7,11-13,19,24-26,28,31-32H,6,8-10,14-18,20-23H2,1-5H3,(H,48,57)(H,50,54)(H,51,56)/b11-7-/t24-,25-,26-,28-,31+,32+,41-/m1/s1. The molecule has 2 aromatic rings. The Morgan fingerprint density at radius 2 is 1.78 bits per heavy atom. The molecule has 2 saturated heterocycles. The molecule has 0 bridgehead atoms. The summed E-state index contributed by atoms with van der Waals surface area (Å²) in [4.78, 5) is 69.5. The molecular weight excluding hydrogens is 855 g/mol. The van der Waals surface area contributed by atoms with E-state index in [1.165, 1.54) is 7.11 Å². The number of anilines is 1. The van der Waals surface area contributed by atoms with Gasteiger partial charge in [-0.2, -0.15) is 18.2 Å². The zero-order valence-corrected chi connectivity index (χ0v) is 36.7. The second-order valence-corrected chi connectivity index (χ2v) is 20.3. The van der Waals surface area contributed by atoms with Crippen LogP contribution in [0.2, 0.25) is 0 Å². The normalized spacial score (nSPS) is 29.3. The first kappa shape index (κ1) is 46.1. The number of ether oxygens (including phenoxy) is 3. The van der Waals surface area contributed by atoms with Gasteiger partial charge in [0.2, 0.25) is 39.3 Å². The zero-order chi connectivity index (χ0) is 45.7. The lowest BCUT2D eigenvalue weighted by Gasteiger charge is -2.34. The lowest BCUT2D eigenvalue weighted by atomic mass is 9.88. The highest BCUT2D eigenvalue weighted by Crippen LogP contribution is 2.48. The van der Waals surface area contributed by atoms with Crippen LogP contribution in [-0.2, 0) is 29.1 Å². The maximum Gasteiger partial charge on any atom is 0.427 e. The Labute approximate surface area is 363 Å². The number of methoxy groups -OCH3 is 1. The van der Waals surface area contributed by atoms with Crippen LogP contribution in [0.1, 0.15) is 85.5 Å². The first-order valence-corrected chi connectivity index (χ1v) is 22.9. The highest BCUT2D eigenvalue weighted by Gasteiger charge is 2.64. The molecule has 4 heterocycles. The monoisotopic (exact) mass is 909 g/mol. The molecule has 0 radical (unpaired) electrons. The number of sulfonamides is 1. The van der Waals surface area contributed by atoms with E-state index >= 15 is 0 Å². The fraction of sp³-hybridized carbons (Fsp3) is 0.667. The highest BCUT2D eigenvalue weighted by molar-refractivity contribution is 7.91. The number of fused-ring (bicyclic) bond motifs is 3. The number of aromatic nitrogens is 2. The summed E-state index contributed by atoms with van der Waals surface area (Å²) in [5, 5.41) is 5.63. The maximum atomic E-state index is 14.9. The van der Waals surface area contributed by atoms with Gasteiger partial charge < -0.3 is 34.6 Å². The molecule has 0 spiro atoms. The topological polar surface area (TPSA) is 198 Å². The molecule has 7 rings (SSSR count). The summed E-state index contributed by atoms with van der Waals surface area (Å²) in [7, 11) is -2.96. The van der Waals surface area contributed by atoms with Gasteiger partial charge in [0.25, 0.3) is 5.91 Å². The molecule has 4 amide bonds. The quantitative estimate of drug-likeness (QED) is 0.217. The minimum Gasteiger partial charge on any atom is -0.497 e. The average molecular weight is 910 g/mol. The van der Waals surface area contributed by atoms with E-state index < -0.39 is 92.6 Å². The number of alkyl halides is 4. The van der Waals surface area contributed by atoms with E-state index in [-0.39, 0.29) is 44.0 Å². The van der Waals surface area contributed by atoms with Gasteiger partial charge in [-0.3, -0.25) is 19.1 Å². The number of benzene rings is 1. The van der Waals surface area contributed by atoms with Gasteiger partial charge in [-0.05, 0) is 89.2 Å². The number of amides is 4. The SMILES string of the molecule is COc1ccc2c(O[C@@H]3C[C@H]4C(=O)N[C@]5(C(=O)NS(=O)(=O)C6(CF)CC6)C[C@H]5/C=C\CC[C@@H](C)C[C@@H](C)[C@H](NC(=O)OC(C)(C)C(F)(F)F)C(=O)N4C3)nc(N3CCCC3)nc2c1. The number of carbonyl (C=O) groups excluding carboxylic acids is 4. The van der Waals surface area contributed by atoms with E-state index in [0.717, 1.165) is 17.7 Å². The number of carbonyl (C=O) groups is 4. The van der Waals surface area contributed by atoms with Crippen LogP contribution in [0.25, 0.3) is 10.9 Å². The molecule has 4 fully saturated rings. The van der Waals surface area contributed by atoms with Crippen molar-refractivity contribution in [2.75, 3.05) is 38.3 Å². The molecule has 1 aromatic carbocycles. The van der Waals surface area contributed by atoms with Gasteiger partial charge in [-0.25, -0.2) is 22.6 Å². The molecule has 21 heteroatoms. The fourth-order valence-electron chi connectivity index (χ4n) is 8.70. The number of hydrogen-bond acceptors (Lipinski definition) is 12. The fourth-order valence-corrected chi connectivity index (χ4v) is 10.1. The van der Waals surface area contributed by atoms with E-state index in [0.29, 0.717) is 68.8 Å². The molecule has 16 nitrogen and oxygen atoms in total. The summed E-state index contributed by atoms with van der Waals surface area (Å²) in [5.74, 6) is -3.06. The van der Waals surface area contributed by atoms with E-state index in [9.17, 15) is 45.2 Å². The van der Waals surface area contributed by atoms with E-state index in [2.05, 4.69) is 10.6 Å². The molecule has 5 aliphatic rings. The summed E-state index contributed by atoms with van der Waals surface area (Å²) in [6.45, 7) is 4.90. The van der Waals surface area contributed by atoms with Gasteiger partial charge in [0.1, 0.15) is 40.9 Å². The summed E-state index contributed by atoms with van der Waals surface area (Å²) in [6.07, 6.45) is -0.717. The van der Waals surface area contributed by atoms with E-state index in [1.54, 1.807) is 31.2 Å². The van der Waals surface area contributed by atoms with Crippen LogP contribution in [0.3, 0.4) is 0 Å². The second-order valence-electron chi connectivity index (χ2n) is 18.3. The van der Waals surface area contributed by atoms with Gasteiger partial charge >= 0.3 is 12.3 Å². The Bertz CT molecular complexity index is 2250. The van der Waals surface area contributed by atoms with Gasteiger partial charge in [-0.1, -0.05) is 26.0 Å². The van der Waals surface area contributed by atoms with Crippen LogP contribution >= 0.6 is 0 Å². The van der Waals surface area contributed by atoms with Gasteiger partial charge in [-0.15, -0.1) is 0 Å². The minimum absolute atomic E-state index is 0.00702. The Balaban J connectivity index is 1.25. The number of nitrogens with one attached hydrogen (secondary N) is 3. The lowest BCUT2D eigenvalue weighted by molar-refractivity contribution is -0.244. The smallest absolute Gasteiger partial charge is 0.427 e.